The van der Waals surface area contributed by atoms with Crippen molar-refractivity contribution in [3.05, 3.63) is 117 Å². The van der Waals surface area contributed by atoms with Crippen molar-refractivity contribution < 1.29 is 9.59 Å². The van der Waals surface area contributed by atoms with E-state index in [-0.39, 0.29) is 45.5 Å². The Morgan fingerprint density at radius 1 is 0.611 bits per heavy atom. The Labute approximate surface area is 320 Å². The lowest BCUT2D eigenvalue weighted by molar-refractivity contribution is 0.106. The first-order chi connectivity index (χ1) is 26.3. The average molecular weight is 769 g/mol. The van der Waals surface area contributed by atoms with Crippen molar-refractivity contribution in [2.24, 2.45) is 24.1 Å². The number of thiophene rings is 4. The van der Waals surface area contributed by atoms with Crippen molar-refractivity contribution in [3.8, 4) is 12.1 Å². The molecule has 252 valence electrons. The summed E-state index contributed by atoms with van der Waals surface area (Å²) in [5, 5.41) is 20.7. The van der Waals surface area contributed by atoms with Crippen LogP contribution in [0.25, 0.3) is 71.1 Å². The normalized spacial score (nSPS) is 17.2. The minimum Gasteiger partial charge on any atom is -0.341 e. The number of benzene rings is 2. The molecule has 0 fully saturated rings. The number of nitrogens with zero attached hydrogens (tertiary/aromatic N) is 8. The van der Waals surface area contributed by atoms with E-state index < -0.39 is 0 Å². The molecule has 0 aliphatic heterocycles. The average Bonchev–Trinajstić information content (AvgIpc) is 4.06. The van der Waals surface area contributed by atoms with E-state index >= 15 is 0 Å². The summed E-state index contributed by atoms with van der Waals surface area (Å²) in [6.07, 6.45) is 0. The number of hydrogen-bond acceptors (Lipinski definition) is 10. The van der Waals surface area contributed by atoms with Crippen LogP contribution in [0.1, 0.15) is 31.8 Å². The van der Waals surface area contributed by atoms with E-state index in [2.05, 4.69) is 18.8 Å². The largest absolute Gasteiger partial charge is 0.341 e. The Hall–Kier alpha value is -6.78. The standard InChI is InChI=1S/C40H16N8O2S4/c1-43-21(15-41)27-17-9-5-7-11-19(17)33(49)29(27)45-25-13-23-35(51-25)37-31(47(23)3)39-40(53-37)32-38(54-39)36-24(48(32)4)14-26(52-36)46-30-28(22(16-42)44-2)18-10-6-8-12-20(18)34(30)50/h5-14H,3-4H3/b27-21+,28-22?,45-29?,46-30?. The van der Waals surface area contributed by atoms with Gasteiger partial charge >= 0.3 is 0 Å². The summed E-state index contributed by atoms with van der Waals surface area (Å²) in [4.78, 5) is 43.4. The van der Waals surface area contributed by atoms with E-state index in [4.69, 9.17) is 23.1 Å². The minimum absolute atomic E-state index is 0.111. The van der Waals surface area contributed by atoms with Crippen LogP contribution in [0, 0.1) is 35.8 Å². The topological polar surface area (TPSA) is 125 Å². The van der Waals surface area contributed by atoms with Gasteiger partial charge in [0.05, 0.1) is 75.5 Å². The lowest BCUT2D eigenvalue weighted by Gasteiger charge is -2.00. The van der Waals surface area contributed by atoms with E-state index in [1.54, 1.807) is 71.2 Å². The molecule has 0 saturated carbocycles. The predicted molar refractivity (Wildman–Crippen MR) is 217 cm³/mol. The molecule has 6 aromatic heterocycles. The van der Waals surface area contributed by atoms with Gasteiger partial charge in [-0.25, -0.2) is 30.2 Å². The Balaban J connectivity index is 1.10. The summed E-state index contributed by atoms with van der Waals surface area (Å²) < 4.78 is 10.9. The number of aryl methyl sites for hydroxylation is 2. The summed E-state index contributed by atoms with van der Waals surface area (Å²) in [7, 11) is 4.05. The van der Waals surface area contributed by atoms with Crippen molar-refractivity contribution >= 4 is 140 Å². The fourth-order valence-electron chi connectivity index (χ4n) is 7.46. The molecule has 0 N–H and O–H groups in total. The lowest BCUT2D eigenvalue weighted by Crippen LogP contribution is -2.07. The highest BCUT2D eigenvalue weighted by Gasteiger charge is 2.35. The van der Waals surface area contributed by atoms with Gasteiger partial charge in [0.25, 0.3) is 11.4 Å². The highest BCUT2D eigenvalue weighted by Crippen LogP contribution is 2.53. The number of ketones is 2. The van der Waals surface area contributed by atoms with Crippen LogP contribution in [0.5, 0.6) is 0 Å². The van der Waals surface area contributed by atoms with Gasteiger partial charge in [-0.15, -0.1) is 45.3 Å². The number of nitriles is 2. The fraction of sp³-hybridized carbons (Fsp3) is 0.0500. The van der Waals surface area contributed by atoms with Crippen LogP contribution in [0.2, 0.25) is 0 Å². The van der Waals surface area contributed by atoms with Crippen LogP contribution >= 0.6 is 45.3 Å². The molecular formula is C40H16N8O2S4. The second-order valence-corrected chi connectivity index (χ2v) is 16.6. The monoisotopic (exact) mass is 768 g/mol. The molecule has 0 bridgehead atoms. The number of aromatic nitrogens is 2. The second kappa shape index (κ2) is 11.4. The molecule has 14 heteroatoms. The molecule has 0 radical (unpaired) electrons. The van der Waals surface area contributed by atoms with Gasteiger partial charge in [-0.3, -0.25) is 9.59 Å². The van der Waals surface area contributed by atoms with Gasteiger partial charge < -0.3 is 9.13 Å². The minimum atomic E-state index is -0.302. The Morgan fingerprint density at radius 3 is 1.35 bits per heavy atom. The molecule has 10 rings (SSSR count). The van der Waals surface area contributed by atoms with E-state index in [1.165, 1.54) is 22.7 Å². The summed E-state index contributed by atoms with van der Waals surface area (Å²) in [6.45, 7) is 15.2. The number of allylic oxidation sites excluding steroid dienone is 4. The summed E-state index contributed by atoms with van der Waals surface area (Å²) in [5.74, 6) is -0.604. The van der Waals surface area contributed by atoms with Crippen molar-refractivity contribution in [2.75, 3.05) is 0 Å². The Morgan fingerprint density at radius 2 is 0.981 bits per heavy atom. The number of carbonyl (C=O) groups is 2. The number of hydrogen-bond donors (Lipinski definition) is 0. The second-order valence-electron chi connectivity index (χ2n) is 12.5. The first kappa shape index (κ1) is 31.9. The fourth-order valence-corrected chi connectivity index (χ4v) is 12.9. The SMILES string of the molecule is [C-]#[N+]C(C#N)=C1C(=Nc2cc3c(s2)c2sc4c(sc5c6sc(N=C7C(=O)c8ccccc8/C7=C(/C#N)[N+]#[C-])cc6n(C)c54)c2n3C)C(=O)c2ccccc21. The van der Waals surface area contributed by atoms with Crippen LogP contribution in [0.4, 0.5) is 10.0 Å². The molecule has 0 unspecified atom stereocenters. The van der Waals surface area contributed by atoms with Gasteiger partial charge in [0.1, 0.15) is 21.4 Å². The molecule has 0 amide bonds. The van der Waals surface area contributed by atoms with Gasteiger partial charge in [-0.2, -0.15) is 0 Å². The van der Waals surface area contributed by atoms with E-state index in [0.717, 1.165) is 50.3 Å². The Bertz CT molecular complexity index is 3190. The molecule has 0 atom stereocenters. The number of aliphatic imine (C=N–C) groups is 2. The van der Waals surface area contributed by atoms with Crippen LogP contribution in [-0.2, 0) is 14.1 Å². The third kappa shape index (κ3) is 4.08. The van der Waals surface area contributed by atoms with Gasteiger partial charge in [0.2, 0.25) is 11.6 Å². The molecule has 2 aliphatic rings. The summed E-state index contributed by atoms with van der Waals surface area (Å²) in [6, 6.07) is 21.8. The molecule has 10 nitrogen and oxygen atoms in total. The van der Waals surface area contributed by atoms with Crippen LogP contribution in [-0.4, -0.2) is 32.1 Å². The van der Waals surface area contributed by atoms with Gasteiger partial charge in [-0.05, 0) is 23.3 Å². The maximum Gasteiger partial charge on any atom is 0.271 e. The number of fused-ring (bicyclic) bond motifs is 11. The third-order valence-electron chi connectivity index (χ3n) is 9.82. The van der Waals surface area contributed by atoms with Crippen molar-refractivity contribution in [2.45, 2.75) is 0 Å². The summed E-state index contributed by atoms with van der Waals surface area (Å²) in [5.41, 5.74) is 6.59. The van der Waals surface area contributed by atoms with Crippen LogP contribution in [0.15, 0.2) is 82.0 Å². The number of carbonyl (C=O) groups excluding carboxylic acids is 2. The molecule has 6 heterocycles. The van der Waals surface area contributed by atoms with E-state index in [1.807, 2.05) is 38.4 Å². The van der Waals surface area contributed by atoms with Crippen molar-refractivity contribution in [1.29, 1.82) is 10.5 Å². The number of Topliss-reactive ketones (excluding diaryl/α,β-unsaturated/α-hetero) is 2. The van der Waals surface area contributed by atoms with Crippen molar-refractivity contribution in [1.82, 2.24) is 9.13 Å². The highest BCUT2D eigenvalue weighted by molar-refractivity contribution is 7.40. The van der Waals surface area contributed by atoms with Gasteiger partial charge in [0.15, 0.2) is 0 Å². The lowest BCUT2D eigenvalue weighted by atomic mass is 10.1. The Kier molecular flexibility index (Phi) is 6.71. The predicted octanol–water partition coefficient (Wildman–Crippen LogP) is 10.6. The highest BCUT2D eigenvalue weighted by atomic mass is 32.1. The smallest absolute Gasteiger partial charge is 0.271 e. The maximum atomic E-state index is 13.5. The van der Waals surface area contributed by atoms with Gasteiger partial charge in [0, 0.05) is 36.4 Å². The third-order valence-corrected chi connectivity index (χ3v) is 14.7. The molecular weight excluding hydrogens is 753 g/mol. The van der Waals surface area contributed by atoms with Crippen LogP contribution in [0.3, 0.4) is 0 Å². The molecule has 0 saturated heterocycles. The summed E-state index contributed by atoms with van der Waals surface area (Å²) >= 11 is 6.38. The quantitative estimate of drug-likeness (QED) is 0.128. The molecule has 8 aromatic rings. The van der Waals surface area contributed by atoms with Gasteiger partial charge in [-0.1, -0.05) is 48.5 Å². The molecule has 2 aliphatic carbocycles. The zero-order valence-electron chi connectivity index (χ0n) is 27.8. The molecule has 54 heavy (non-hydrogen) atoms. The first-order valence-electron chi connectivity index (χ1n) is 16.1. The van der Waals surface area contributed by atoms with Crippen molar-refractivity contribution in [3.63, 3.8) is 0 Å². The molecule has 0 spiro atoms. The molecule has 2 aromatic carbocycles. The maximum absolute atomic E-state index is 13.5. The van der Waals surface area contributed by atoms with E-state index in [9.17, 15) is 20.1 Å². The van der Waals surface area contributed by atoms with E-state index in [0.29, 0.717) is 32.3 Å². The van der Waals surface area contributed by atoms with Crippen LogP contribution < -0.4 is 0 Å². The number of rotatable bonds is 2. The first-order valence-corrected chi connectivity index (χ1v) is 19.4. The zero-order valence-corrected chi connectivity index (χ0v) is 31.1. The zero-order chi connectivity index (χ0) is 37.2.